The smallest absolute Gasteiger partial charge is 0.247 e. The van der Waals surface area contributed by atoms with E-state index in [0.29, 0.717) is 19.7 Å². The van der Waals surface area contributed by atoms with Crippen LogP contribution in [0.25, 0.3) is 0 Å². The molecule has 0 saturated carbocycles. The van der Waals surface area contributed by atoms with Crippen molar-refractivity contribution in [2.45, 2.75) is 18.6 Å². The monoisotopic (exact) mass is 264 g/mol. The molecule has 1 fully saturated rings. The molecule has 19 heavy (non-hydrogen) atoms. The van der Waals surface area contributed by atoms with Crippen molar-refractivity contribution in [3.63, 3.8) is 0 Å². The molecule has 0 aromatic heterocycles. The Morgan fingerprint density at radius 1 is 1.53 bits per heavy atom. The predicted octanol–water partition coefficient (Wildman–Crippen LogP) is 0.0802. The van der Waals surface area contributed by atoms with Crippen LogP contribution >= 0.6 is 0 Å². The Morgan fingerprint density at radius 2 is 2.21 bits per heavy atom. The second-order valence-corrected chi connectivity index (χ2v) is 4.99. The van der Waals surface area contributed by atoms with Crippen LogP contribution in [0, 0.1) is 0 Å². The van der Waals surface area contributed by atoms with E-state index in [-0.39, 0.29) is 18.6 Å². The van der Waals surface area contributed by atoms with Gasteiger partial charge < -0.3 is 20.5 Å². The highest BCUT2D eigenvalue weighted by molar-refractivity contribution is 5.87. The molecule has 104 valence electrons. The summed E-state index contributed by atoms with van der Waals surface area (Å²) in [4.78, 5) is 14.2. The fourth-order valence-corrected chi connectivity index (χ4v) is 2.25. The van der Waals surface area contributed by atoms with Gasteiger partial charge in [0.05, 0.1) is 19.3 Å². The van der Waals surface area contributed by atoms with Crippen LogP contribution in [0.5, 0.6) is 0 Å². The van der Waals surface area contributed by atoms with Crippen molar-refractivity contribution in [3.05, 3.63) is 35.9 Å². The topological polar surface area (TPSA) is 75.8 Å². The van der Waals surface area contributed by atoms with E-state index in [0.717, 1.165) is 5.56 Å². The molecule has 2 rings (SSSR count). The molecule has 1 aliphatic rings. The van der Waals surface area contributed by atoms with E-state index in [1.807, 2.05) is 30.3 Å². The third-order valence-corrected chi connectivity index (χ3v) is 3.45. The molecule has 3 N–H and O–H groups in total. The molecule has 1 heterocycles. The number of nitrogens with zero attached hydrogens (tertiary/aromatic N) is 1. The minimum Gasteiger partial charge on any atom is -0.394 e. The average Bonchev–Trinajstić information content (AvgIpc) is 2.47. The molecule has 1 saturated heterocycles. The summed E-state index contributed by atoms with van der Waals surface area (Å²) in [5, 5.41) is 9.12. The Bertz CT molecular complexity index is 434. The Kier molecular flexibility index (Phi) is 4.19. The molecule has 0 aliphatic carbocycles. The maximum atomic E-state index is 12.5. The van der Waals surface area contributed by atoms with Gasteiger partial charge in [0.25, 0.3) is 0 Å². The highest BCUT2D eigenvalue weighted by Crippen LogP contribution is 2.21. The first-order valence-electron chi connectivity index (χ1n) is 6.42. The summed E-state index contributed by atoms with van der Waals surface area (Å²) >= 11 is 0. The van der Waals surface area contributed by atoms with E-state index in [1.165, 1.54) is 0 Å². The van der Waals surface area contributed by atoms with E-state index in [2.05, 4.69) is 0 Å². The van der Waals surface area contributed by atoms with Crippen molar-refractivity contribution >= 4 is 5.91 Å². The second-order valence-electron chi connectivity index (χ2n) is 4.99. The Labute approximate surface area is 113 Å². The third-order valence-electron chi connectivity index (χ3n) is 3.45. The Hall–Kier alpha value is -1.43. The number of hydrogen-bond donors (Lipinski definition) is 2. The van der Waals surface area contributed by atoms with Gasteiger partial charge in [0.15, 0.2) is 0 Å². The fourth-order valence-electron chi connectivity index (χ4n) is 2.25. The molecule has 1 aromatic carbocycles. The maximum absolute atomic E-state index is 12.5. The number of aliphatic hydroxyl groups is 1. The molecule has 0 radical (unpaired) electrons. The molecule has 1 amide bonds. The first-order valence-corrected chi connectivity index (χ1v) is 6.42. The molecule has 5 heteroatoms. The fraction of sp³-hybridized carbons (Fsp3) is 0.500. The van der Waals surface area contributed by atoms with E-state index >= 15 is 0 Å². The van der Waals surface area contributed by atoms with Crippen LogP contribution in [0.3, 0.4) is 0 Å². The number of carbonyl (C=O) groups excluding carboxylic acids is 1. The van der Waals surface area contributed by atoms with E-state index in [9.17, 15) is 4.79 Å². The molecule has 1 aromatic rings. The third kappa shape index (κ3) is 2.94. The van der Waals surface area contributed by atoms with E-state index in [4.69, 9.17) is 15.6 Å². The number of benzene rings is 1. The largest absolute Gasteiger partial charge is 0.394 e. The number of aliphatic hydroxyl groups excluding tert-OH is 1. The predicted molar refractivity (Wildman–Crippen MR) is 71.4 cm³/mol. The van der Waals surface area contributed by atoms with Crippen LogP contribution in [0.1, 0.15) is 12.5 Å². The molecular weight excluding hydrogens is 244 g/mol. The van der Waals surface area contributed by atoms with Gasteiger partial charge in [-0.2, -0.15) is 0 Å². The van der Waals surface area contributed by atoms with Crippen molar-refractivity contribution in [2.75, 3.05) is 26.3 Å². The summed E-state index contributed by atoms with van der Waals surface area (Å²) in [6.07, 6.45) is -0.315. The van der Waals surface area contributed by atoms with Gasteiger partial charge in [-0.3, -0.25) is 4.79 Å². The summed E-state index contributed by atoms with van der Waals surface area (Å²) in [7, 11) is 0. The Balaban J connectivity index is 2.14. The summed E-state index contributed by atoms with van der Waals surface area (Å²) in [6, 6.07) is 9.32. The standard InChI is InChI=1S/C14H20N2O3/c1-14(15,11-5-3-2-4-6-11)13(18)16-7-8-19-12(9-16)10-17/h2-6,12,17H,7-10,15H2,1H3. The molecule has 5 nitrogen and oxygen atoms in total. The number of amides is 1. The number of carbonyl (C=O) groups is 1. The quantitative estimate of drug-likeness (QED) is 0.810. The van der Waals surface area contributed by atoms with Gasteiger partial charge in [-0.15, -0.1) is 0 Å². The highest BCUT2D eigenvalue weighted by atomic mass is 16.5. The van der Waals surface area contributed by atoms with Crippen molar-refractivity contribution < 1.29 is 14.6 Å². The normalized spacial score (nSPS) is 22.9. The summed E-state index contributed by atoms with van der Waals surface area (Å²) in [6.45, 7) is 2.95. The van der Waals surface area contributed by atoms with Crippen LogP contribution in [0.4, 0.5) is 0 Å². The van der Waals surface area contributed by atoms with Crippen LogP contribution in [0.15, 0.2) is 30.3 Å². The highest BCUT2D eigenvalue weighted by Gasteiger charge is 2.36. The lowest BCUT2D eigenvalue weighted by molar-refractivity contribution is -0.145. The van der Waals surface area contributed by atoms with Gasteiger partial charge in [-0.05, 0) is 12.5 Å². The zero-order valence-corrected chi connectivity index (χ0v) is 11.1. The maximum Gasteiger partial charge on any atom is 0.247 e. The van der Waals surface area contributed by atoms with Gasteiger partial charge in [-0.1, -0.05) is 30.3 Å². The first kappa shape index (κ1) is 14.0. The van der Waals surface area contributed by atoms with Crippen molar-refractivity contribution in [3.8, 4) is 0 Å². The number of rotatable bonds is 3. The van der Waals surface area contributed by atoms with Gasteiger partial charge in [-0.25, -0.2) is 0 Å². The lowest BCUT2D eigenvalue weighted by atomic mass is 9.91. The first-order chi connectivity index (χ1) is 9.05. The van der Waals surface area contributed by atoms with E-state index < -0.39 is 5.54 Å². The summed E-state index contributed by atoms with van der Waals surface area (Å²) < 4.78 is 5.34. The van der Waals surface area contributed by atoms with Crippen LogP contribution in [-0.2, 0) is 15.1 Å². The Morgan fingerprint density at radius 3 is 2.84 bits per heavy atom. The molecule has 1 aliphatic heterocycles. The molecule has 2 unspecified atom stereocenters. The van der Waals surface area contributed by atoms with Crippen molar-refractivity contribution in [1.29, 1.82) is 0 Å². The van der Waals surface area contributed by atoms with Crippen molar-refractivity contribution in [1.82, 2.24) is 4.90 Å². The molecule has 0 spiro atoms. The van der Waals surface area contributed by atoms with Crippen LogP contribution < -0.4 is 5.73 Å². The number of hydrogen-bond acceptors (Lipinski definition) is 4. The van der Waals surface area contributed by atoms with Crippen LogP contribution in [0.2, 0.25) is 0 Å². The SMILES string of the molecule is CC(N)(C(=O)N1CCOC(CO)C1)c1ccccc1. The minimum atomic E-state index is -1.06. The minimum absolute atomic E-state index is 0.0869. The summed E-state index contributed by atoms with van der Waals surface area (Å²) in [5.41, 5.74) is 5.93. The van der Waals surface area contributed by atoms with Crippen molar-refractivity contribution in [2.24, 2.45) is 5.73 Å². The average molecular weight is 264 g/mol. The second kappa shape index (κ2) is 5.69. The lowest BCUT2D eigenvalue weighted by Gasteiger charge is -2.37. The van der Waals surface area contributed by atoms with Gasteiger partial charge in [0.1, 0.15) is 5.54 Å². The van der Waals surface area contributed by atoms with Crippen LogP contribution in [-0.4, -0.2) is 48.3 Å². The van der Waals surface area contributed by atoms with Gasteiger partial charge >= 0.3 is 0 Å². The van der Waals surface area contributed by atoms with E-state index in [1.54, 1.807) is 11.8 Å². The molecule has 0 bridgehead atoms. The van der Waals surface area contributed by atoms with Gasteiger partial charge in [0, 0.05) is 13.1 Å². The molecule has 2 atom stereocenters. The molecular formula is C14H20N2O3. The summed E-state index contributed by atoms with van der Waals surface area (Å²) in [5.74, 6) is -0.138. The zero-order valence-electron chi connectivity index (χ0n) is 11.1. The number of ether oxygens (including phenoxy) is 1. The zero-order chi connectivity index (χ0) is 13.9. The number of nitrogens with two attached hydrogens (primary N) is 1. The number of morpholine rings is 1. The van der Waals surface area contributed by atoms with Gasteiger partial charge in [0.2, 0.25) is 5.91 Å². The lowest BCUT2D eigenvalue weighted by Crippen LogP contribution is -2.56.